The van der Waals surface area contributed by atoms with E-state index in [0.717, 1.165) is 6.42 Å². The molecule has 3 heteroatoms. The maximum absolute atomic E-state index is 13.0. The lowest BCUT2D eigenvalue weighted by Gasteiger charge is -2.15. The van der Waals surface area contributed by atoms with Crippen molar-refractivity contribution in [3.05, 3.63) is 34.6 Å². The smallest absolute Gasteiger partial charge is 0.125 e. The molecule has 0 aliphatic carbocycles. The molecule has 2 atom stereocenters. The minimum absolute atomic E-state index is 0.327. The molecule has 1 rings (SSSR count). The van der Waals surface area contributed by atoms with Crippen molar-refractivity contribution in [3.8, 4) is 0 Å². The average Bonchev–Trinajstić information content (AvgIpc) is 2.16. The summed E-state index contributed by atoms with van der Waals surface area (Å²) in [6.45, 7) is 4.13. The van der Waals surface area contributed by atoms with E-state index in [2.05, 4.69) is 13.8 Å². The van der Waals surface area contributed by atoms with Gasteiger partial charge in [-0.1, -0.05) is 31.9 Å². The highest BCUT2D eigenvalue weighted by atomic mass is 35.5. The Kier molecular flexibility index (Phi) is 4.55. The van der Waals surface area contributed by atoms with Crippen LogP contribution < -0.4 is 0 Å². The molecular formula is C12H16ClFO. The monoisotopic (exact) mass is 230 g/mol. The first kappa shape index (κ1) is 12.5. The van der Waals surface area contributed by atoms with Crippen LogP contribution in [0.5, 0.6) is 0 Å². The molecule has 1 N–H and O–H groups in total. The summed E-state index contributed by atoms with van der Waals surface area (Å²) in [7, 11) is 0. The maximum Gasteiger partial charge on any atom is 0.125 e. The van der Waals surface area contributed by atoms with E-state index in [1.54, 1.807) is 6.07 Å². The van der Waals surface area contributed by atoms with Gasteiger partial charge in [0.15, 0.2) is 0 Å². The molecule has 0 saturated heterocycles. The molecule has 0 saturated carbocycles. The van der Waals surface area contributed by atoms with E-state index in [9.17, 15) is 9.50 Å². The van der Waals surface area contributed by atoms with Gasteiger partial charge in [-0.05, 0) is 36.1 Å². The van der Waals surface area contributed by atoms with E-state index in [1.807, 2.05) is 0 Å². The first-order chi connectivity index (χ1) is 7.02. The molecular weight excluding hydrogens is 215 g/mol. The Hall–Kier alpha value is -0.600. The fourth-order valence-electron chi connectivity index (χ4n) is 1.45. The Bertz CT molecular complexity index is 307. The number of aliphatic hydroxyl groups is 1. The molecule has 0 amide bonds. The number of halogens is 2. The standard InChI is InChI=1S/C12H16ClFO/c1-3-8(2)4-12(15)9-5-10(13)7-11(14)6-9/h5-8,12,15H,3-4H2,1-2H3. The van der Waals surface area contributed by atoms with Crippen molar-refractivity contribution < 1.29 is 9.50 Å². The SMILES string of the molecule is CCC(C)CC(O)c1cc(F)cc(Cl)c1. The van der Waals surface area contributed by atoms with Gasteiger partial charge in [0, 0.05) is 5.02 Å². The molecule has 0 radical (unpaired) electrons. The van der Waals surface area contributed by atoms with Crippen molar-refractivity contribution in [2.24, 2.45) is 5.92 Å². The molecule has 15 heavy (non-hydrogen) atoms. The molecule has 0 aromatic heterocycles. The zero-order valence-electron chi connectivity index (χ0n) is 9.00. The Balaban J connectivity index is 2.77. The summed E-state index contributed by atoms with van der Waals surface area (Å²) in [4.78, 5) is 0. The minimum atomic E-state index is -0.631. The van der Waals surface area contributed by atoms with Crippen molar-refractivity contribution in [2.45, 2.75) is 32.8 Å². The van der Waals surface area contributed by atoms with Gasteiger partial charge in [-0.2, -0.15) is 0 Å². The van der Waals surface area contributed by atoms with Gasteiger partial charge in [-0.3, -0.25) is 0 Å². The highest BCUT2D eigenvalue weighted by Gasteiger charge is 2.12. The molecule has 0 fully saturated rings. The zero-order valence-corrected chi connectivity index (χ0v) is 9.76. The van der Waals surface area contributed by atoms with Crippen LogP contribution in [0.4, 0.5) is 4.39 Å². The van der Waals surface area contributed by atoms with E-state index in [-0.39, 0.29) is 0 Å². The highest BCUT2D eigenvalue weighted by Crippen LogP contribution is 2.25. The highest BCUT2D eigenvalue weighted by molar-refractivity contribution is 6.30. The fraction of sp³-hybridized carbons (Fsp3) is 0.500. The number of benzene rings is 1. The molecule has 0 heterocycles. The second kappa shape index (κ2) is 5.47. The third kappa shape index (κ3) is 3.80. The van der Waals surface area contributed by atoms with Gasteiger partial charge in [0.25, 0.3) is 0 Å². The van der Waals surface area contributed by atoms with Crippen LogP contribution in [0.1, 0.15) is 38.4 Å². The summed E-state index contributed by atoms with van der Waals surface area (Å²) in [5.41, 5.74) is 0.556. The van der Waals surface area contributed by atoms with E-state index >= 15 is 0 Å². The molecule has 1 aromatic rings. The van der Waals surface area contributed by atoms with E-state index in [4.69, 9.17) is 11.6 Å². The summed E-state index contributed by atoms with van der Waals surface area (Å²) in [6, 6.07) is 4.18. The average molecular weight is 231 g/mol. The summed E-state index contributed by atoms with van der Waals surface area (Å²) in [5.74, 6) is 0.0164. The summed E-state index contributed by atoms with van der Waals surface area (Å²) >= 11 is 5.71. The number of hydrogen-bond acceptors (Lipinski definition) is 1. The third-order valence-electron chi connectivity index (χ3n) is 2.59. The quantitative estimate of drug-likeness (QED) is 0.831. The van der Waals surface area contributed by atoms with Crippen LogP contribution in [0.15, 0.2) is 18.2 Å². The molecule has 0 spiro atoms. The van der Waals surface area contributed by atoms with Crippen molar-refractivity contribution in [2.75, 3.05) is 0 Å². The van der Waals surface area contributed by atoms with Crippen LogP contribution in [0.25, 0.3) is 0 Å². The van der Waals surface area contributed by atoms with E-state index in [0.29, 0.717) is 22.9 Å². The van der Waals surface area contributed by atoms with Crippen LogP contribution >= 0.6 is 11.6 Å². The maximum atomic E-state index is 13.0. The van der Waals surface area contributed by atoms with Crippen LogP contribution in [0, 0.1) is 11.7 Å². The number of aliphatic hydroxyl groups excluding tert-OH is 1. The largest absolute Gasteiger partial charge is 0.388 e. The van der Waals surface area contributed by atoms with Crippen molar-refractivity contribution in [1.29, 1.82) is 0 Å². The van der Waals surface area contributed by atoms with Crippen LogP contribution in [-0.2, 0) is 0 Å². The molecule has 1 aromatic carbocycles. The molecule has 1 nitrogen and oxygen atoms in total. The van der Waals surface area contributed by atoms with Gasteiger partial charge in [0.1, 0.15) is 5.82 Å². The lowest BCUT2D eigenvalue weighted by atomic mass is 9.96. The zero-order chi connectivity index (χ0) is 11.4. The normalized spacial score (nSPS) is 15.0. The minimum Gasteiger partial charge on any atom is -0.388 e. The molecule has 2 unspecified atom stereocenters. The van der Waals surface area contributed by atoms with Gasteiger partial charge >= 0.3 is 0 Å². The van der Waals surface area contributed by atoms with Gasteiger partial charge in [0.2, 0.25) is 0 Å². The second-order valence-electron chi connectivity index (χ2n) is 3.97. The Labute approximate surface area is 94.9 Å². The predicted octanol–water partition coefficient (Wildman–Crippen LogP) is 3.95. The van der Waals surface area contributed by atoms with Crippen molar-refractivity contribution >= 4 is 11.6 Å². The molecule has 0 aliphatic rings. The van der Waals surface area contributed by atoms with E-state index in [1.165, 1.54) is 12.1 Å². The Morgan fingerprint density at radius 2 is 2.07 bits per heavy atom. The summed E-state index contributed by atoms with van der Waals surface area (Å²) in [5, 5.41) is 10.2. The lowest BCUT2D eigenvalue weighted by Crippen LogP contribution is -2.04. The third-order valence-corrected chi connectivity index (χ3v) is 2.81. The Morgan fingerprint density at radius 1 is 1.40 bits per heavy atom. The number of hydrogen-bond donors (Lipinski definition) is 1. The van der Waals surface area contributed by atoms with Crippen LogP contribution in [-0.4, -0.2) is 5.11 Å². The van der Waals surface area contributed by atoms with Gasteiger partial charge in [0.05, 0.1) is 6.10 Å². The topological polar surface area (TPSA) is 20.2 Å². The summed E-state index contributed by atoms with van der Waals surface area (Å²) < 4.78 is 13.0. The first-order valence-corrected chi connectivity index (χ1v) is 5.54. The predicted molar refractivity (Wildman–Crippen MR) is 60.4 cm³/mol. The van der Waals surface area contributed by atoms with Crippen molar-refractivity contribution in [3.63, 3.8) is 0 Å². The molecule has 84 valence electrons. The van der Waals surface area contributed by atoms with Gasteiger partial charge in [-0.15, -0.1) is 0 Å². The lowest BCUT2D eigenvalue weighted by molar-refractivity contribution is 0.146. The first-order valence-electron chi connectivity index (χ1n) is 5.17. The van der Waals surface area contributed by atoms with Crippen molar-refractivity contribution in [1.82, 2.24) is 0 Å². The van der Waals surface area contributed by atoms with Crippen LogP contribution in [0.2, 0.25) is 5.02 Å². The molecule has 0 bridgehead atoms. The Morgan fingerprint density at radius 3 is 2.60 bits per heavy atom. The number of rotatable bonds is 4. The van der Waals surface area contributed by atoms with Crippen LogP contribution in [0.3, 0.4) is 0 Å². The van der Waals surface area contributed by atoms with Gasteiger partial charge < -0.3 is 5.11 Å². The second-order valence-corrected chi connectivity index (χ2v) is 4.40. The summed E-state index contributed by atoms with van der Waals surface area (Å²) in [6.07, 6.45) is 1.00. The van der Waals surface area contributed by atoms with E-state index < -0.39 is 11.9 Å². The van der Waals surface area contributed by atoms with Gasteiger partial charge in [-0.25, -0.2) is 4.39 Å². The fourth-order valence-corrected chi connectivity index (χ4v) is 1.68. The molecule has 0 aliphatic heterocycles.